The summed E-state index contributed by atoms with van der Waals surface area (Å²) in [6.07, 6.45) is 3.46. The lowest BCUT2D eigenvalue weighted by Gasteiger charge is -2.19. The first kappa shape index (κ1) is 15.9. The molecule has 0 spiro atoms. The minimum Gasteiger partial charge on any atom is -0.336 e. The summed E-state index contributed by atoms with van der Waals surface area (Å²) in [5.41, 5.74) is 1.97. The molecule has 0 aliphatic heterocycles. The minimum absolute atomic E-state index is 0.295. The second kappa shape index (κ2) is 6.27. The van der Waals surface area contributed by atoms with Gasteiger partial charge < -0.3 is 4.57 Å². The van der Waals surface area contributed by atoms with Crippen molar-refractivity contribution in [3.63, 3.8) is 0 Å². The lowest BCUT2D eigenvalue weighted by Crippen LogP contribution is -2.30. The average Bonchev–Trinajstić information content (AvgIpc) is 3.17. The molecular weight excluding hydrogens is 330 g/mol. The van der Waals surface area contributed by atoms with Gasteiger partial charge in [0.25, 0.3) is 10.0 Å². The highest BCUT2D eigenvalue weighted by molar-refractivity contribution is 7.91. The highest BCUT2D eigenvalue weighted by Crippen LogP contribution is 2.25. The van der Waals surface area contributed by atoms with Crippen molar-refractivity contribution < 1.29 is 8.42 Å². The molecule has 0 fully saturated rings. The Kier molecular flexibility index (Phi) is 4.34. The Morgan fingerprint density at radius 2 is 1.96 bits per heavy atom. The number of nitrogens with one attached hydrogen (secondary N) is 1. The zero-order valence-corrected chi connectivity index (χ0v) is 14.4. The molecule has 0 saturated heterocycles. The number of aryl methyl sites for hydroxylation is 2. The number of sulfonamides is 1. The second-order valence-electron chi connectivity index (χ2n) is 5.29. The molecule has 5 nitrogen and oxygen atoms in total. The van der Waals surface area contributed by atoms with Crippen LogP contribution in [0.15, 0.2) is 58.4 Å². The van der Waals surface area contributed by atoms with Gasteiger partial charge in [-0.1, -0.05) is 35.9 Å². The Morgan fingerprint density at radius 3 is 2.52 bits per heavy atom. The van der Waals surface area contributed by atoms with Crippen LogP contribution in [-0.2, 0) is 17.1 Å². The zero-order chi connectivity index (χ0) is 16.4. The summed E-state index contributed by atoms with van der Waals surface area (Å²) in [6, 6.07) is 10.5. The highest BCUT2D eigenvalue weighted by atomic mass is 32.2. The summed E-state index contributed by atoms with van der Waals surface area (Å²) in [7, 11) is -1.75. The van der Waals surface area contributed by atoms with E-state index in [2.05, 4.69) is 9.71 Å². The van der Waals surface area contributed by atoms with Gasteiger partial charge in [-0.3, -0.25) is 0 Å². The molecule has 0 bridgehead atoms. The fourth-order valence-electron chi connectivity index (χ4n) is 2.31. The molecule has 0 aliphatic carbocycles. The number of imidazole rings is 1. The van der Waals surface area contributed by atoms with Gasteiger partial charge in [0.15, 0.2) is 0 Å². The van der Waals surface area contributed by atoms with Crippen molar-refractivity contribution in [1.29, 1.82) is 0 Å². The molecule has 7 heteroatoms. The van der Waals surface area contributed by atoms with Crippen LogP contribution < -0.4 is 4.72 Å². The topological polar surface area (TPSA) is 64.0 Å². The number of hydrogen-bond acceptors (Lipinski definition) is 4. The average molecular weight is 347 g/mol. The largest absolute Gasteiger partial charge is 0.336 e. The number of rotatable bonds is 5. The van der Waals surface area contributed by atoms with E-state index in [1.807, 2.05) is 42.8 Å². The van der Waals surface area contributed by atoms with E-state index in [1.165, 1.54) is 11.3 Å². The van der Waals surface area contributed by atoms with Crippen LogP contribution in [0.2, 0.25) is 0 Å². The second-order valence-corrected chi connectivity index (χ2v) is 8.18. The molecule has 3 aromatic rings. The monoisotopic (exact) mass is 347 g/mol. The molecule has 120 valence electrons. The first-order chi connectivity index (χ1) is 11.0. The van der Waals surface area contributed by atoms with Crippen LogP contribution in [0, 0.1) is 6.92 Å². The van der Waals surface area contributed by atoms with Crippen LogP contribution in [0.1, 0.15) is 23.0 Å². The minimum atomic E-state index is -3.60. The molecule has 0 aliphatic rings. The first-order valence-electron chi connectivity index (χ1n) is 7.07. The molecule has 0 saturated carbocycles. The van der Waals surface area contributed by atoms with Gasteiger partial charge in [0.2, 0.25) is 0 Å². The number of aromatic nitrogens is 2. The van der Waals surface area contributed by atoms with Gasteiger partial charge in [0, 0.05) is 19.4 Å². The van der Waals surface area contributed by atoms with Gasteiger partial charge in [-0.2, -0.15) is 4.72 Å². The fraction of sp³-hybridized carbons (Fsp3) is 0.188. The molecule has 3 rings (SSSR count). The normalized spacial score (nSPS) is 13.1. The maximum Gasteiger partial charge on any atom is 0.251 e. The molecule has 2 heterocycles. The Hall–Kier alpha value is -1.96. The summed E-state index contributed by atoms with van der Waals surface area (Å²) in [6.45, 7) is 2.00. The van der Waals surface area contributed by atoms with Gasteiger partial charge in [0.05, 0.1) is 0 Å². The third kappa shape index (κ3) is 3.36. The summed E-state index contributed by atoms with van der Waals surface area (Å²) >= 11 is 1.19. The SMILES string of the molecule is Cc1ccc(C(NS(=O)(=O)c2cccs2)c2nccn2C)cc1. The van der Waals surface area contributed by atoms with Gasteiger partial charge in [-0.15, -0.1) is 11.3 Å². The Bertz CT molecular complexity index is 882. The van der Waals surface area contributed by atoms with Crippen molar-refractivity contribution in [1.82, 2.24) is 14.3 Å². The van der Waals surface area contributed by atoms with Gasteiger partial charge in [0.1, 0.15) is 16.1 Å². The van der Waals surface area contributed by atoms with E-state index in [0.717, 1.165) is 11.1 Å². The number of benzene rings is 1. The molecule has 1 atom stereocenters. The quantitative estimate of drug-likeness (QED) is 0.772. The molecular formula is C16H17N3O2S2. The molecule has 1 unspecified atom stereocenters. The Morgan fingerprint density at radius 1 is 1.22 bits per heavy atom. The molecule has 23 heavy (non-hydrogen) atoms. The van der Waals surface area contributed by atoms with Crippen LogP contribution in [0.25, 0.3) is 0 Å². The number of thiophene rings is 1. The van der Waals surface area contributed by atoms with Gasteiger partial charge in [-0.25, -0.2) is 13.4 Å². The van der Waals surface area contributed by atoms with Crippen LogP contribution in [0.4, 0.5) is 0 Å². The van der Waals surface area contributed by atoms with Gasteiger partial charge >= 0.3 is 0 Å². The van der Waals surface area contributed by atoms with Crippen molar-refractivity contribution in [2.24, 2.45) is 7.05 Å². The summed E-state index contributed by atoms with van der Waals surface area (Å²) in [5.74, 6) is 0.647. The maximum atomic E-state index is 12.6. The zero-order valence-electron chi connectivity index (χ0n) is 12.8. The summed E-state index contributed by atoms with van der Waals surface area (Å²) in [4.78, 5) is 4.32. The molecule has 0 amide bonds. The molecule has 2 aromatic heterocycles. The van der Waals surface area contributed by atoms with Gasteiger partial charge in [-0.05, 0) is 23.9 Å². The Balaban J connectivity index is 2.03. The number of hydrogen-bond donors (Lipinski definition) is 1. The Labute approximate surface area is 139 Å². The van der Waals surface area contributed by atoms with Crippen LogP contribution in [0.5, 0.6) is 0 Å². The summed E-state index contributed by atoms with van der Waals surface area (Å²) in [5, 5.41) is 1.75. The predicted molar refractivity (Wildman–Crippen MR) is 90.9 cm³/mol. The third-order valence-electron chi connectivity index (χ3n) is 3.56. The summed E-state index contributed by atoms with van der Waals surface area (Å²) < 4.78 is 30.1. The van der Waals surface area contributed by atoms with E-state index in [1.54, 1.807) is 29.9 Å². The fourth-order valence-corrected chi connectivity index (χ4v) is 4.51. The maximum absolute atomic E-state index is 12.6. The van der Waals surface area contributed by atoms with E-state index < -0.39 is 16.1 Å². The lowest BCUT2D eigenvalue weighted by atomic mass is 10.1. The van der Waals surface area contributed by atoms with E-state index in [0.29, 0.717) is 10.0 Å². The van der Waals surface area contributed by atoms with E-state index in [4.69, 9.17) is 0 Å². The van der Waals surface area contributed by atoms with E-state index >= 15 is 0 Å². The smallest absolute Gasteiger partial charge is 0.251 e. The third-order valence-corrected chi connectivity index (χ3v) is 6.38. The number of nitrogens with zero attached hydrogens (tertiary/aromatic N) is 2. The van der Waals surface area contributed by atoms with Crippen molar-refractivity contribution in [3.05, 3.63) is 71.1 Å². The van der Waals surface area contributed by atoms with E-state index in [9.17, 15) is 8.42 Å². The van der Waals surface area contributed by atoms with Crippen LogP contribution in [-0.4, -0.2) is 18.0 Å². The van der Waals surface area contributed by atoms with Crippen LogP contribution in [0.3, 0.4) is 0 Å². The van der Waals surface area contributed by atoms with Crippen molar-refractivity contribution >= 4 is 21.4 Å². The first-order valence-corrected chi connectivity index (χ1v) is 9.43. The lowest BCUT2D eigenvalue weighted by molar-refractivity contribution is 0.565. The standard InChI is InChI=1S/C16H17N3O2S2/c1-12-5-7-13(8-6-12)15(16-17-9-10-19(16)2)18-23(20,21)14-4-3-11-22-14/h3-11,15,18H,1-2H3. The molecule has 0 radical (unpaired) electrons. The predicted octanol–water partition coefficient (Wildman–Crippen LogP) is 2.86. The molecule has 1 aromatic carbocycles. The highest BCUT2D eigenvalue weighted by Gasteiger charge is 2.26. The van der Waals surface area contributed by atoms with Crippen molar-refractivity contribution in [2.45, 2.75) is 17.2 Å². The molecule has 1 N–H and O–H groups in total. The van der Waals surface area contributed by atoms with Crippen molar-refractivity contribution in [3.8, 4) is 0 Å². The van der Waals surface area contributed by atoms with Crippen molar-refractivity contribution in [2.75, 3.05) is 0 Å². The van der Waals surface area contributed by atoms with E-state index in [-0.39, 0.29) is 0 Å². The van der Waals surface area contributed by atoms with Crippen LogP contribution >= 0.6 is 11.3 Å².